The molecule has 21 heavy (non-hydrogen) atoms. The number of nitrogens with one attached hydrogen (secondary N) is 1. The zero-order valence-corrected chi connectivity index (χ0v) is 14.3. The van der Waals surface area contributed by atoms with Crippen LogP contribution < -0.4 is 5.32 Å². The molecular weight excluding hydrogens is 260 g/mol. The van der Waals surface area contributed by atoms with E-state index in [1.54, 1.807) is 0 Å². The first kappa shape index (κ1) is 18.1. The molecule has 1 rings (SSSR count). The van der Waals surface area contributed by atoms with Crippen molar-refractivity contribution in [1.82, 2.24) is 10.2 Å². The van der Waals surface area contributed by atoms with Crippen molar-refractivity contribution in [2.24, 2.45) is 0 Å². The van der Waals surface area contributed by atoms with Crippen LogP contribution in [0.2, 0.25) is 0 Å². The maximum Gasteiger partial charge on any atom is 0.0949 e. The molecule has 0 aliphatic rings. The Balaban J connectivity index is 2.54. The summed E-state index contributed by atoms with van der Waals surface area (Å²) in [6.07, 6.45) is 0.132. The first-order chi connectivity index (χ1) is 10.1. The van der Waals surface area contributed by atoms with Crippen molar-refractivity contribution in [3.8, 4) is 0 Å². The van der Waals surface area contributed by atoms with E-state index in [2.05, 4.69) is 69.1 Å². The molecule has 1 unspecified atom stereocenters. The van der Waals surface area contributed by atoms with Gasteiger partial charge in [0.2, 0.25) is 0 Å². The summed E-state index contributed by atoms with van der Waals surface area (Å²) in [5.74, 6) is 0. The van der Waals surface area contributed by atoms with Gasteiger partial charge in [-0.3, -0.25) is 4.90 Å². The van der Waals surface area contributed by atoms with Gasteiger partial charge >= 0.3 is 0 Å². The predicted molar refractivity (Wildman–Crippen MR) is 90.7 cm³/mol. The zero-order chi connectivity index (χ0) is 15.7. The summed E-state index contributed by atoms with van der Waals surface area (Å²) in [4.78, 5) is 2.47. The smallest absolute Gasteiger partial charge is 0.0949 e. The fourth-order valence-corrected chi connectivity index (χ4v) is 2.63. The zero-order valence-electron chi connectivity index (χ0n) is 14.3. The molecule has 3 nitrogen and oxygen atoms in total. The molecule has 1 atom stereocenters. The van der Waals surface area contributed by atoms with Crippen LogP contribution in [0.4, 0.5) is 0 Å². The summed E-state index contributed by atoms with van der Waals surface area (Å²) in [7, 11) is 0. The number of rotatable bonds is 10. The molecule has 0 aliphatic heterocycles. The van der Waals surface area contributed by atoms with Gasteiger partial charge in [-0.05, 0) is 39.8 Å². The van der Waals surface area contributed by atoms with Gasteiger partial charge in [0.1, 0.15) is 0 Å². The fraction of sp³-hybridized carbons (Fsp3) is 0.667. The second-order valence-electron chi connectivity index (χ2n) is 6.00. The maximum atomic E-state index is 6.16. The van der Waals surface area contributed by atoms with Crippen LogP contribution in [0, 0.1) is 0 Å². The lowest BCUT2D eigenvalue weighted by Crippen LogP contribution is -2.39. The minimum Gasteiger partial charge on any atom is -0.371 e. The average Bonchev–Trinajstić information content (AvgIpc) is 2.46. The molecule has 3 heteroatoms. The van der Waals surface area contributed by atoms with Crippen molar-refractivity contribution < 1.29 is 4.74 Å². The van der Waals surface area contributed by atoms with Crippen molar-refractivity contribution in [2.75, 3.05) is 26.2 Å². The molecule has 0 bridgehead atoms. The third kappa shape index (κ3) is 6.60. The summed E-state index contributed by atoms with van der Waals surface area (Å²) in [6.45, 7) is 14.7. The number of nitrogens with zero attached hydrogens (tertiary/aromatic N) is 1. The Morgan fingerprint density at radius 3 is 2.19 bits per heavy atom. The number of benzene rings is 1. The van der Waals surface area contributed by atoms with Crippen molar-refractivity contribution in [3.63, 3.8) is 0 Å². The van der Waals surface area contributed by atoms with Crippen molar-refractivity contribution in [3.05, 3.63) is 35.9 Å². The van der Waals surface area contributed by atoms with Crippen molar-refractivity contribution in [1.29, 1.82) is 0 Å². The quantitative estimate of drug-likeness (QED) is 0.714. The van der Waals surface area contributed by atoms with Gasteiger partial charge in [0, 0.05) is 25.2 Å². The number of hydrogen-bond acceptors (Lipinski definition) is 3. The Morgan fingerprint density at radius 1 is 1.05 bits per heavy atom. The van der Waals surface area contributed by atoms with Crippen LogP contribution in [-0.4, -0.2) is 43.2 Å². The SMILES string of the molecule is CCNCC(OCCN(C(C)C)C(C)C)c1ccccc1. The van der Waals surface area contributed by atoms with E-state index in [1.807, 2.05) is 6.07 Å². The van der Waals surface area contributed by atoms with Crippen molar-refractivity contribution >= 4 is 0 Å². The van der Waals surface area contributed by atoms with Crippen LogP contribution in [-0.2, 0) is 4.74 Å². The lowest BCUT2D eigenvalue weighted by Gasteiger charge is -2.31. The van der Waals surface area contributed by atoms with Gasteiger partial charge in [0.25, 0.3) is 0 Å². The van der Waals surface area contributed by atoms with E-state index in [9.17, 15) is 0 Å². The normalized spacial score (nSPS) is 13.3. The van der Waals surface area contributed by atoms with Gasteiger partial charge in [0.05, 0.1) is 12.7 Å². The van der Waals surface area contributed by atoms with E-state index in [0.29, 0.717) is 12.1 Å². The third-order valence-corrected chi connectivity index (χ3v) is 3.75. The van der Waals surface area contributed by atoms with E-state index in [-0.39, 0.29) is 6.10 Å². The Kier molecular flexibility index (Phi) is 8.58. The first-order valence-electron chi connectivity index (χ1n) is 8.19. The molecule has 0 spiro atoms. The van der Waals surface area contributed by atoms with Crippen LogP contribution in [0.3, 0.4) is 0 Å². The molecule has 0 saturated carbocycles. The molecule has 0 heterocycles. The lowest BCUT2D eigenvalue weighted by atomic mass is 10.1. The highest BCUT2D eigenvalue weighted by atomic mass is 16.5. The van der Waals surface area contributed by atoms with Crippen molar-refractivity contribution in [2.45, 2.75) is 52.8 Å². The highest BCUT2D eigenvalue weighted by molar-refractivity contribution is 5.17. The Bertz CT molecular complexity index is 357. The number of hydrogen-bond donors (Lipinski definition) is 1. The monoisotopic (exact) mass is 292 g/mol. The maximum absolute atomic E-state index is 6.16. The molecule has 0 aliphatic carbocycles. The van der Waals surface area contributed by atoms with E-state index in [4.69, 9.17) is 4.74 Å². The summed E-state index contributed by atoms with van der Waals surface area (Å²) < 4.78 is 6.16. The summed E-state index contributed by atoms with van der Waals surface area (Å²) >= 11 is 0. The van der Waals surface area contributed by atoms with E-state index >= 15 is 0 Å². The first-order valence-corrected chi connectivity index (χ1v) is 8.19. The topological polar surface area (TPSA) is 24.5 Å². The molecule has 0 radical (unpaired) electrons. The van der Waals surface area contributed by atoms with Crippen LogP contribution >= 0.6 is 0 Å². The summed E-state index contributed by atoms with van der Waals surface area (Å²) in [5, 5.41) is 3.39. The van der Waals surface area contributed by atoms with Crippen LogP contribution in [0.5, 0.6) is 0 Å². The third-order valence-electron chi connectivity index (χ3n) is 3.75. The predicted octanol–water partition coefficient (Wildman–Crippen LogP) is 3.47. The molecule has 1 aromatic rings. The molecule has 1 aromatic carbocycles. The van der Waals surface area contributed by atoms with Crippen LogP contribution in [0.1, 0.15) is 46.3 Å². The second-order valence-corrected chi connectivity index (χ2v) is 6.00. The minimum atomic E-state index is 0.132. The number of ether oxygens (including phenoxy) is 1. The fourth-order valence-electron chi connectivity index (χ4n) is 2.63. The molecule has 0 aromatic heterocycles. The van der Waals surface area contributed by atoms with Gasteiger partial charge in [-0.25, -0.2) is 0 Å². The standard InChI is InChI=1S/C18H32N2O/c1-6-19-14-18(17-10-8-7-9-11-17)21-13-12-20(15(2)3)16(4)5/h7-11,15-16,18-19H,6,12-14H2,1-5H3. The van der Waals surface area contributed by atoms with Gasteiger partial charge < -0.3 is 10.1 Å². The summed E-state index contributed by atoms with van der Waals surface area (Å²) in [6, 6.07) is 11.6. The van der Waals surface area contributed by atoms with E-state index in [0.717, 1.165) is 26.2 Å². The van der Waals surface area contributed by atoms with Crippen LogP contribution in [0.15, 0.2) is 30.3 Å². The van der Waals surface area contributed by atoms with Crippen LogP contribution in [0.25, 0.3) is 0 Å². The average molecular weight is 292 g/mol. The lowest BCUT2D eigenvalue weighted by molar-refractivity contribution is 0.0250. The molecule has 0 amide bonds. The second kappa shape index (κ2) is 9.93. The highest BCUT2D eigenvalue weighted by Crippen LogP contribution is 2.16. The summed E-state index contributed by atoms with van der Waals surface area (Å²) in [5.41, 5.74) is 1.25. The Labute approximate surface area is 130 Å². The number of likely N-dealkylation sites (N-methyl/N-ethyl adjacent to an activating group) is 1. The molecule has 0 fully saturated rings. The Hall–Kier alpha value is -0.900. The molecule has 0 saturated heterocycles. The Morgan fingerprint density at radius 2 is 1.67 bits per heavy atom. The van der Waals surface area contributed by atoms with E-state index in [1.165, 1.54) is 5.56 Å². The molecule has 1 N–H and O–H groups in total. The largest absolute Gasteiger partial charge is 0.371 e. The van der Waals surface area contributed by atoms with Gasteiger partial charge in [0.15, 0.2) is 0 Å². The molecule has 120 valence electrons. The van der Waals surface area contributed by atoms with Gasteiger partial charge in [-0.15, -0.1) is 0 Å². The molecular formula is C18H32N2O. The van der Waals surface area contributed by atoms with Gasteiger partial charge in [-0.1, -0.05) is 37.3 Å². The van der Waals surface area contributed by atoms with E-state index < -0.39 is 0 Å². The van der Waals surface area contributed by atoms with Gasteiger partial charge in [-0.2, -0.15) is 0 Å². The highest BCUT2D eigenvalue weighted by Gasteiger charge is 2.15. The minimum absolute atomic E-state index is 0.132.